The maximum atomic E-state index is 12.2. The van der Waals surface area contributed by atoms with Gasteiger partial charge in [-0.2, -0.15) is 0 Å². The molecule has 0 saturated carbocycles. The molecule has 19 heteroatoms. The first-order chi connectivity index (χ1) is 19.0. The van der Waals surface area contributed by atoms with Crippen LogP contribution >= 0.6 is 15.6 Å². The molecule has 240 valence electrons. The van der Waals surface area contributed by atoms with Crippen LogP contribution in [0.4, 0.5) is 0 Å². The highest BCUT2D eigenvalue weighted by Gasteiger charge is 2.29. The fraction of sp³-hybridized carbons (Fsp3) is 0.818. The molecule has 0 aliphatic carbocycles. The largest absolute Gasteiger partial charge is 0.472 e. The molecule has 0 aromatic carbocycles. The monoisotopic (exact) mass is 638 g/mol. The Morgan fingerprint density at radius 3 is 1.49 bits per heavy atom. The van der Waals surface area contributed by atoms with E-state index in [1.807, 2.05) is 6.92 Å². The second-order valence-electron chi connectivity index (χ2n) is 8.53. The number of aliphatic hydroxyl groups excluding tert-OH is 1. The summed E-state index contributed by atoms with van der Waals surface area (Å²) in [5, 5.41) is 9.90. The van der Waals surface area contributed by atoms with Crippen LogP contribution in [0.15, 0.2) is 0 Å². The second-order valence-corrected chi connectivity index (χ2v) is 11.4. The van der Waals surface area contributed by atoms with Crippen LogP contribution in [0.5, 0.6) is 0 Å². The normalized spacial score (nSPS) is 16.4. The van der Waals surface area contributed by atoms with Gasteiger partial charge in [-0.1, -0.05) is 26.2 Å². The van der Waals surface area contributed by atoms with Gasteiger partial charge >= 0.3 is 39.5 Å². The molecule has 0 bridgehead atoms. The number of ether oxygens (including phenoxy) is 4. The van der Waals surface area contributed by atoms with Crippen molar-refractivity contribution in [1.29, 1.82) is 0 Å². The van der Waals surface area contributed by atoms with Gasteiger partial charge in [0.2, 0.25) is 0 Å². The highest BCUT2D eigenvalue weighted by Crippen LogP contribution is 2.45. The van der Waals surface area contributed by atoms with Crippen molar-refractivity contribution in [2.75, 3.05) is 39.6 Å². The summed E-state index contributed by atoms with van der Waals surface area (Å²) < 4.78 is 62.2. The number of carbonyl (C=O) groups is 4. The number of hydrogen-bond donors (Lipinski definition) is 3. The molecule has 0 aliphatic heterocycles. The van der Waals surface area contributed by atoms with Crippen molar-refractivity contribution in [3.63, 3.8) is 0 Å². The molecule has 2 unspecified atom stereocenters. The van der Waals surface area contributed by atoms with E-state index in [-0.39, 0.29) is 6.42 Å². The first-order valence-corrected chi connectivity index (χ1v) is 15.6. The maximum Gasteiger partial charge on any atom is 0.472 e. The fourth-order valence-electron chi connectivity index (χ4n) is 2.67. The van der Waals surface area contributed by atoms with Crippen LogP contribution in [0.25, 0.3) is 0 Å². The van der Waals surface area contributed by atoms with Crippen molar-refractivity contribution >= 4 is 39.5 Å². The van der Waals surface area contributed by atoms with Gasteiger partial charge in [0.05, 0.1) is 26.4 Å². The van der Waals surface area contributed by atoms with Crippen molar-refractivity contribution in [3.8, 4) is 0 Å². The van der Waals surface area contributed by atoms with Crippen LogP contribution in [-0.2, 0) is 65.4 Å². The molecule has 0 rings (SSSR count). The van der Waals surface area contributed by atoms with Crippen molar-refractivity contribution in [3.05, 3.63) is 0 Å². The van der Waals surface area contributed by atoms with E-state index in [4.69, 9.17) is 18.7 Å². The summed E-state index contributed by atoms with van der Waals surface area (Å²) in [6.07, 6.45) is -0.786. The Labute approximate surface area is 237 Å². The lowest BCUT2D eigenvalue weighted by Gasteiger charge is -2.21. The van der Waals surface area contributed by atoms with Gasteiger partial charge in [0, 0.05) is 27.2 Å². The molecule has 0 amide bonds. The van der Waals surface area contributed by atoms with Crippen molar-refractivity contribution in [2.45, 2.75) is 78.1 Å². The Morgan fingerprint density at radius 2 is 1.07 bits per heavy atom. The number of rotatable bonds is 23. The van der Waals surface area contributed by atoms with E-state index in [9.17, 15) is 43.2 Å². The molecule has 0 saturated heterocycles. The average molecular weight is 638 g/mol. The number of unbranched alkanes of at least 4 members (excludes halogenated alkanes) is 3. The summed E-state index contributed by atoms with van der Waals surface area (Å²) in [4.78, 5) is 64.8. The third kappa shape index (κ3) is 23.3. The van der Waals surface area contributed by atoms with Crippen LogP contribution in [-0.4, -0.2) is 96.7 Å². The predicted molar refractivity (Wildman–Crippen MR) is 137 cm³/mol. The molecule has 0 aliphatic rings. The lowest BCUT2D eigenvalue weighted by atomic mass is 10.1. The van der Waals surface area contributed by atoms with Gasteiger partial charge in [-0.3, -0.25) is 37.3 Å². The van der Waals surface area contributed by atoms with E-state index in [0.717, 1.165) is 40.0 Å². The van der Waals surface area contributed by atoms with E-state index in [1.54, 1.807) is 0 Å². The standard InChI is InChI=1S/C22H40O17P2/c1-5-6-7-8-9-22(27)39-21(13-33-17(3)24)15-37-41(30,31)35-11-19(26)10-34-40(28,29)36-14-20(38-18(4)25)12-32-16(2)23/h19-21,26H,5-15H2,1-4H3,(H,28,29)(H,30,31)/t19-,20+,21+/m0/s1. The molecule has 5 atom stereocenters. The zero-order chi connectivity index (χ0) is 31.5. The van der Waals surface area contributed by atoms with Gasteiger partial charge in [-0.15, -0.1) is 0 Å². The van der Waals surface area contributed by atoms with Crippen molar-refractivity contribution in [1.82, 2.24) is 0 Å². The van der Waals surface area contributed by atoms with E-state index < -0.39 is 97.5 Å². The fourth-order valence-corrected chi connectivity index (χ4v) is 4.25. The van der Waals surface area contributed by atoms with Crippen LogP contribution in [0.1, 0.15) is 59.8 Å². The van der Waals surface area contributed by atoms with Gasteiger partial charge in [-0.05, 0) is 6.42 Å². The van der Waals surface area contributed by atoms with Gasteiger partial charge in [0.15, 0.2) is 12.2 Å². The highest BCUT2D eigenvalue weighted by molar-refractivity contribution is 7.47. The number of aliphatic hydroxyl groups is 1. The third-order valence-electron chi connectivity index (χ3n) is 4.52. The minimum Gasteiger partial charge on any atom is -0.462 e. The summed E-state index contributed by atoms with van der Waals surface area (Å²) in [6, 6.07) is 0. The lowest BCUT2D eigenvalue weighted by molar-refractivity contribution is -0.160. The predicted octanol–water partition coefficient (Wildman–Crippen LogP) is 1.55. The molecule has 0 heterocycles. The Bertz CT molecular complexity index is 911. The molecule has 0 aromatic rings. The first kappa shape index (κ1) is 39.1. The Balaban J connectivity index is 4.69. The zero-order valence-corrected chi connectivity index (χ0v) is 25.3. The number of carbonyl (C=O) groups excluding carboxylic acids is 4. The molecular formula is C22H40O17P2. The molecule has 0 spiro atoms. The van der Waals surface area contributed by atoms with E-state index in [0.29, 0.717) is 6.42 Å². The molecule has 17 nitrogen and oxygen atoms in total. The quantitative estimate of drug-likeness (QED) is 0.0623. The van der Waals surface area contributed by atoms with Crippen LogP contribution in [0.2, 0.25) is 0 Å². The van der Waals surface area contributed by atoms with Crippen molar-refractivity contribution < 1.29 is 80.2 Å². The number of hydrogen-bond acceptors (Lipinski definition) is 15. The third-order valence-corrected chi connectivity index (χ3v) is 6.42. The molecule has 41 heavy (non-hydrogen) atoms. The van der Waals surface area contributed by atoms with Gasteiger partial charge in [0.1, 0.15) is 19.3 Å². The lowest BCUT2D eigenvalue weighted by Crippen LogP contribution is -2.29. The van der Waals surface area contributed by atoms with Crippen LogP contribution in [0, 0.1) is 0 Å². The molecule has 0 fully saturated rings. The van der Waals surface area contributed by atoms with Gasteiger partial charge < -0.3 is 33.8 Å². The SMILES string of the molecule is CCCCCCC(=O)O[C@H](COC(C)=O)COP(=O)(O)OC[C@@H](O)COP(=O)(O)OC[C@@H](COC(C)=O)OC(C)=O. The number of phosphoric ester groups is 2. The van der Waals surface area contributed by atoms with E-state index in [2.05, 4.69) is 18.3 Å². The molecule has 0 radical (unpaired) electrons. The number of phosphoric acid groups is 2. The molecule has 3 N–H and O–H groups in total. The first-order valence-electron chi connectivity index (χ1n) is 12.6. The van der Waals surface area contributed by atoms with Crippen LogP contribution in [0.3, 0.4) is 0 Å². The average Bonchev–Trinajstić information content (AvgIpc) is 2.87. The summed E-state index contributed by atoms with van der Waals surface area (Å²) >= 11 is 0. The Kier molecular flexibility index (Phi) is 19.9. The van der Waals surface area contributed by atoms with Crippen LogP contribution < -0.4 is 0 Å². The maximum absolute atomic E-state index is 12.2. The summed E-state index contributed by atoms with van der Waals surface area (Å²) in [6.45, 7) is 1.17. The van der Waals surface area contributed by atoms with Gasteiger partial charge in [-0.25, -0.2) is 9.13 Å². The second kappa shape index (κ2) is 20.9. The van der Waals surface area contributed by atoms with E-state index in [1.165, 1.54) is 0 Å². The zero-order valence-electron chi connectivity index (χ0n) is 23.5. The Morgan fingerprint density at radius 1 is 0.634 bits per heavy atom. The summed E-state index contributed by atoms with van der Waals surface area (Å²) in [7, 11) is -9.66. The van der Waals surface area contributed by atoms with Gasteiger partial charge in [0.25, 0.3) is 0 Å². The number of esters is 4. The molecular weight excluding hydrogens is 598 g/mol. The minimum atomic E-state index is -4.84. The topological polar surface area (TPSA) is 237 Å². The minimum absolute atomic E-state index is 0.0884. The highest BCUT2D eigenvalue weighted by atomic mass is 31.2. The smallest absolute Gasteiger partial charge is 0.462 e. The summed E-state index contributed by atoms with van der Waals surface area (Å²) in [5.41, 5.74) is 0. The summed E-state index contributed by atoms with van der Waals surface area (Å²) in [5.74, 6) is -2.78. The van der Waals surface area contributed by atoms with Crippen molar-refractivity contribution in [2.24, 2.45) is 0 Å². The van der Waals surface area contributed by atoms with E-state index >= 15 is 0 Å². The Hall–Kier alpha value is -1.94. The molecule has 0 aromatic heterocycles.